The van der Waals surface area contributed by atoms with E-state index in [2.05, 4.69) is 35.4 Å². The van der Waals surface area contributed by atoms with E-state index in [1.807, 2.05) is 24.3 Å². The van der Waals surface area contributed by atoms with Crippen LogP contribution in [0.2, 0.25) is 0 Å². The van der Waals surface area contributed by atoms with Crippen molar-refractivity contribution in [3.63, 3.8) is 0 Å². The lowest BCUT2D eigenvalue weighted by Crippen LogP contribution is -2.13. The number of anilines is 1. The van der Waals surface area contributed by atoms with Gasteiger partial charge in [0.25, 0.3) is 5.91 Å². The van der Waals surface area contributed by atoms with E-state index in [4.69, 9.17) is 0 Å². The monoisotopic (exact) mass is 363 g/mol. The Labute approximate surface area is 161 Å². The van der Waals surface area contributed by atoms with Crippen molar-refractivity contribution in [3.05, 3.63) is 52.3 Å². The second-order valence-electron chi connectivity index (χ2n) is 8.00. The number of aromatic nitrogens is 1. The fourth-order valence-corrected chi connectivity index (χ4v) is 4.36. The average Bonchev–Trinajstić information content (AvgIpc) is 3.02. The molecule has 4 nitrogen and oxygen atoms in total. The number of carbonyl (C=O) groups is 1. The van der Waals surface area contributed by atoms with Crippen LogP contribution in [-0.2, 0) is 24.1 Å². The first-order valence-electron chi connectivity index (χ1n) is 10.1. The van der Waals surface area contributed by atoms with E-state index >= 15 is 0 Å². The summed E-state index contributed by atoms with van der Waals surface area (Å²) in [5.74, 6) is 0.000218. The topological polar surface area (TPSA) is 48.1 Å². The van der Waals surface area contributed by atoms with Crippen LogP contribution in [-0.4, -0.2) is 36.4 Å². The third-order valence-corrected chi connectivity index (χ3v) is 5.72. The molecule has 2 aromatic rings. The molecule has 27 heavy (non-hydrogen) atoms. The Balaban J connectivity index is 1.72. The number of hydrogen-bond donors (Lipinski definition) is 2. The van der Waals surface area contributed by atoms with Crippen molar-refractivity contribution in [3.8, 4) is 0 Å². The number of para-hydroxylation sites is 1. The van der Waals surface area contributed by atoms with Crippen molar-refractivity contribution in [2.24, 2.45) is 0 Å². The van der Waals surface area contributed by atoms with Crippen LogP contribution >= 0.6 is 0 Å². The number of nitrogens with zero attached hydrogens (tertiary/aromatic N) is 1. The zero-order chi connectivity index (χ0) is 18.8. The van der Waals surface area contributed by atoms with Crippen molar-refractivity contribution >= 4 is 23.2 Å². The molecule has 0 fully saturated rings. The highest BCUT2D eigenvalue weighted by Crippen LogP contribution is 2.35. The van der Waals surface area contributed by atoms with Gasteiger partial charge in [0.1, 0.15) is 0 Å². The van der Waals surface area contributed by atoms with Crippen LogP contribution in [0.25, 0.3) is 11.6 Å². The van der Waals surface area contributed by atoms with Crippen LogP contribution in [0.4, 0.5) is 5.69 Å². The number of rotatable bonds is 5. The molecule has 2 heterocycles. The van der Waals surface area contributed by atoms with Crippen LogP contribution in [0.3, 0.4) is 0 Å². The maximum absolute atomic E-state index is 12.5. The Bertz CT molecular complexity index is 876. The first kappa shape index (κ1) is 18.1. The molecule has 2 N–H and O–H groups in total. The first-order chi connectivity index (χ1) is 13.1. The summed E-state index contributed by atoms with van der Waals surface area (Å²) in [6.45, 7) is 1.08. The van der Waals surface area contributed by atoms with Crippen LogP contribution in [0.1, 0.15) is 53.8 Å². The molecule has 1 aliphatic heterocycles. The molecule has 1 aromatic heterocycles. The Kier molecular flexibility index (Phi) is 5.17. The molecule has 0 bridgehead atoms. The van der Waals surface area contributed by atoms with Gasteiger partial charge >= 0.3 is 0 Å². The minimum atomic E-state index is 0.000218. The molecular formula is C23H29N3O. The highest BCUT2D eigenvalue weighted by Gasteiger charge is 2.25. The van der Waals surface area contributed by atoms with E-state index in [-0.39, 0.29) is 5.91 Å². The smallest absolute Gasteiger partial charge is 0.256 e. The Morgan fingerprint density at radius 1 is 1.11 bits per heavy atom. The summed E-state index contributed by atoms with van der Waals surface area (Å²) in [5.41, 5.74) is 8.18. The van der Waals surface area contributed by atoms with Crippen molar-refractivity contribution in [1.29, 1.82) is 0 Å². The minimum Gasteiger partial charge on any atom is -0.358 e. The number of H-pyrrole nitrogens is 1. The molecule has 1 aromatic carbocycles. The molecule has 142 valence electrons. The van der Waals surface area contributed by atoms with Crippen LogP contribution in [0.5, 0.6) is 0 Å². The zero-order valence-corrected chi connectivity index (χ0v) is 16.4. The molecule has 0 saturated carbocycles. The summed E-state index contributed by atoms with van der Waals surface area (Å²) in [5, 5.41) is 2.99. The molecule has 0 spiro atoms. The van der Waals surface area contributed by atoms with Crippen LogP contribution in [0.15, 0.2) is 24.3 Å². The van der Waals surface area contributed by atoms with Crippen molar-refractivity contribution in [1.82, 2.24) is 9.88 Å². The molecule has 1 aliphatic carbocycles. The van der Waals surface area contributed by atoms with Crippen LogP contribution < -0.4 is 5.32 Å². The molecule has 4 rings (SSSR count). The van der Waals surface area contributed by atoms with Gasteiger partial charge in [-0.2, -0.15) is 0 Å². The first-order valence-corrected chi connectivity index (χ1v) is 10.1. The lowest BCUT2D eigenvalue weighted by Gasteiger charge is -2.11. The van der Waals surface area contributed by atoms with Gasteiger partial charge in [-0.25, -0.2) is 0 Å². The maximum Gasteiger partial charge on any atom is 0.256 e. The number of aromatic amines is 1. The largest absolute Gasteiger partial charge is 0.358 e. The van der Waals surface area contributed by atoms with E-state index in [0.29, 0.717) is 0 Å². The highest BCUT2D eigenvalue weighted by molar-refractivity contribution is 6.34. The Morgan fingerprint density at radius 2 is 1.93 bits per heavy atom. The average molecular weight is 364 g/mol. The summed E-state index contributed by atoms with van der Waals surface area (Å²) < 4.78 is 0. The van der Waals surface area contributed by atoms with E-state index in [1.165, 1.54) is 36.1 Å². The zero-order valence-electron chi connectivity index (χ0n) is 16.4. The molecule has 0 atom stereocenters. The van der Waals surface area contributed by atoms with Crippen LogP contribution in [0, 0.1) is 0 Å². The van der Waals surface area contributed by atoms with E-state index in [0.717, 1.165) is 54.7 Å². The van der Waals surface area contributed by atoms with Gasteiger partial charge in [0.05, 0.1) is 5.57 Å². The summed E-state index contributed by atoms with van der Waals surface area (Å²) >= 11 is 0. The number of carbonyl (C=O) groups excluding carboxylic acids is 1. The molecule has 2 aliphatic rings. The van der Waals surface area contributed by atoms with E-state index in [9.17, 15) is 4.79 Å². The van der Waals surface area contributed by atoms with Gasteiger partial charge in [0, 0.05) is 22.6 Å². The second kappa shape index (κ2) is 7.73. The number of amides is 1. The van der Waals surface area contributed by atoms with Crippen molar-refractivity contribution < 1.29 is 4.79 Å². The van der Waals surface area contributed by atoms with Gasteiger partial charge in [-0.05, 0) is 82.4 Å². The van der Waals surface area contributed by atoms with Gasteiger partial charge in [-0.3, -0.25) is 4.79 Å². The lowest BCUT2D eigenvalue weighted by atomic mass is 9.98. The Hall–Kier alpha value is -2.33. The third kappa shape index (κ3) is 3.72. The predicted octanol–water partition coefficient (Wildman–Crippen LogP) is 4.27. The summed E-state index contributed by atoms with van der Waals surface area (Å²) in [7, 11) is 4.25. The van der Waals surface area contributed by atoms with Crippen molar-refractivity contribution in [2.45, 2.75) is 44.9 Å². The van der Waals surface area contributed by atoms with Gasteiger partial charge < -0.3 is 15.2 Å². The lowest BCUT2D eigenvalue weighted by molar-refractivity contribution is -0.110. The van der Waals surface area contributed by atoms with Crippen molar-refractivity contribution in [2.75, 3.05) is 26.0 Å². The SMILES string of the molecule is CN(C)CCCc1c(/C=C2\C(=O)Nc3ccccc32)[nH]c2c1CCCCC2. The number of nitrogens with one attached hydrogen (secondary N) is 2. The number of hydrogen-bond acceptors (Lipinski definition) is 2. The molecule has 0 radical (unpaired) electrons. The second-order valence-corrected chi connectivity index (χ2v) is 8.00. The maximum atomic E-state index is 12.5. The molecule has 0 unspecified atom stereocenters. The summed E-state index contributed by atoms with van der Waals surface area (Å²) in [6.07, 6.45) is 10.4. The van der Waals surface area contributed by atoms with Gasteiger partial charge in [-0.1, -0.05) is 24.6 Å². The highest BCUT2D eigenvalue weighted by atomic mass is 16.2. The fraction of sp³-hybridized carbons (Fsp3) is 0.435. The predicted molar refractivity (Wildman–Crippen MR) is 112 cm³/mol. The third-order valence-electron chi connectivity index (χ3n) is 5.72. The molecule has 0 saturated heterocycles. The number of fused-ring (bicyclic) bond motifs is 2. The Morgan fingerprint density at radius 3 is 2.78 bits per heavy atom. The van der Waals surface area contributed by atoms with E-state index in [1.54, 1.807) is 0 Å². The normalized spacial score (nSPS) is 17.7. The number of benzene rings is 1. The minimum absolute atomic E-state index is 0.000218. The molecular weight excluding hydrogens is 334 g/mol. The quantitative estimate of drug-likeness (QED) is 0.616. The summed E-state index contributed by atoms with van der Waals surface area (Å²) in [6, 6.07) is 7.95. The van der Waals surface area contributed by atoms with Gasteiger partial charge in [-0.15, -0.1) is 0 Å². The molecule has 1 amide bonds. The fourth-order valence-electron chi connectivity index (χ4n) is 4.36. The molecule has 4 heteroatoms. The van der Waals surface area contributed by atoms with Gasteiger partial charge in [0.15, 0.2) is 0 Å². The van der Waals surface area contributed by atoms with E-state index < -0.39 is 0 Å². The number of aryl methyl sites for hydroxylation is 1. The van der Waals surface area contributed by atoms with Gasteiger partial charge in [0.2, 0.25) is 0 Å². The summed E-state index contributed by atoms with van der Waals surface area (Å²) in [4.78, 5) is 18.5. The standard InChI is InChI=1S/C23H29N3O/c1-26(2)14-8-11-17-16-9-4-3-5-12-20(16)24-22(17)15-19-18-10-6-7-13-21(18)25-23(19)27/h6-7,10,13,15,24H,3-5,8-9,11-12,14H2,1-2H3,(H,25,27)/b19-15-.